The number of rotatable bonds is 4. The Labute approximate surface area is 533 Å². The van der Waals surface area contributed by atoms with Crippen LogP contribution < -0.4 is 9.80 Å². The van der Waals surface area contributed by atoms with Gasteiger partial charge >= 0.3 is 0 Å². The van der Waals surface area contributed by atoms with Crippen LogP contribution in [-0.4, -0.2) is 9.13 Å². The molecular weight excluding hydrogens is 1170 g/mol. The van der Waals surface area contributed by atoms with Crippen molar-refractivity contribution in [3.63, 3.8) is 0 Å². The minimum atomic E-state index is -0.832. The Bertz CT molecular complexity index is 5580. The van der Waals surface area contributed by atoms with E-state index in [0.717, 1.165) is 11.4 Å². The number of hydrogen-bond acceptors (Lipinski definition) is 6. The molecule has 0 atom stereocenters. The molecule has 2 spiro atoms. The lowest BCUT2D eigenvalue weighted by atomic mass is 9.53. The van der Waals surface area contributed by atoms with E-state index in [9.17, 15) is 0 Å². The van der Waals surface area contributed by atoms with Gasteiger partial charge in [-0.25, -0.2) is 0 Å². The van der Waals surface area contributed by atoms with Crippen LogP contribution in [0.1, 0.15) is 43.1 Å². The molecule has 1 aliphatic carbocycles. The minimum absolute atomic E-state index is 0.832. The van der Waals surface area contributed by atoms with Crippen LogP contribution >= 0.6 is 45.3 Å². The molecule has 2 aliphatic heterocycles. The maximum atomic E-state index is 2.66. The van der Waals surface area contributed by atoms with Gasteiger partial charge < -0.3 is 18.9 Å². The van der Waals surface area contributed by atoms with Crippen molar-refractivity contribution in [3.05, 3.63) is 334 Å². The first-order valence-electron chi connectivity index (χ1n) is 30.7. The van der Waals surface area contributed by atoms with Gasteiger partial charge in [0.05, 0.1) is 55.6 Å². The molecule has 8 heteroatoms. The molecule has 0 N–H and O–H groups in total. The van der Waals surface area contributed by atoms with Gasteiger partial charge in [-0.1, -0.05) is 182 Å². The summed E-state index contributed by atoms with van der Waals surface area (Å²) in [6, 6.07) is 111. The van der Waals surface area contributed by atoms with Gasteiger partial charge in [-0.2, -0.15) is 0 Å². The monoisotopic (exact) mass is 1220 g/mol. The summed E-state index contributed by atoms with van der Waals surface area (Å²) in [7, 11) is 0. The molecule has 8 heterocycles. The first-order chi connectivity index (χ1) is 44.6. The summed E-state index contributed by atoms with van der Waals surface area (Å²) in [5.41, 5.74) is 17.8. The first-order valence-corrected chi connectivity index (χ1v) is 34.0. The molecule has 18 aromatic rings. The highest BCUT2D eigenvalue weighted by atomic mass is 32.1. The standard InChI is InChI=1S/C82H48N4S4/c1-3-23-49(24-4-1)83-67-37-17-11-31-59(67)81(60-32-12-18-38-68(60)83)63-45-77(85-65-35-15-7-27-51(65)55-43-57-53-29-9-21-41-73(53)87-75(57)47-71(55)85)90-80(63)82(61-33-13-19-39-69(61)84(50-25-5-2-6-26-50)70-40-20-14-34-62(70)82)64-46-78(89-79(64)81)86-66-36-16-8-28-52(66)56-44-58-54-30-10-22-42-74(54)88-76(58)48-72(56)86/h1-48H. The first kappa shape index (κ1) is 49.6. The number of anilines is 6. The number of hydrogen-bond donors (Lipinski definition) is 0. The zero-order chi connectivity index (χ0) is 58.6. The van der Waals surface area contributed by atoms with Crippen molar-refractivity contribution in [3.8, 4) is 10.0 Å². The van der Waals surface area contributed by atoms with Crippen LogP contribution in [0.4, 0.5) is 34.1 Å². The summed E-state index contributed by atoms with van der Waals surface area (Å²) in [5.74, 6) is 0. The van der Waals surface area contributed by atoms with E-state index < -0.39 is 10.8 Å². The lowest BCUT2D eigenvalue weighted by molar-refractivity contribution is 0.633. The van der Waals surface area contributed by atoms with E-state index in [1.54, 1.807) is 0 Å². The van der Waals surface area contributed by atoms with E-state index in [4.69, 9.17) is 0 Å². The van der Waals surface area contributed by atoms with Crippen LogP contribution in [0.2, 0.25) is 0 Å². The number of para-hydroxylation sites is 8. The predicted molar refractivity (Wildman–Crippen MR) is 383 cm³/mol. The Balaban J connectivity index is 0.956. The van der Waals surface area contributed by atoms with Crippen molar-refractivity contribution >= 4 is 163 Å². The van der Waals surface area contributed by atoms with Crippen LogP contribution in [0, 0.1) is 0 Å². The van der Waals surface area contributed by atoms with Crippen molar-refractivity contribution in [2.75, 3.05) is 9.80 Å². The Morgan fingerprint density at radius 3 is 0.956 bits per heavy atom. The highest BCUT2D eigenvalue weighted by molar-refractivity contribution is 7.26. The van der Waals surface area contributed by atoms with Gasteiger partial charge in [0.2, 0.25) is 0 Å². The van der Waals surface area contributed by atoms with Crippen molar-refractivity contribution in [1.29, 1.82) is 0 Å². The number of thiophene rings is 4. The van der Waals surface area contributed by atoms with Crippen molar-refractivity contribution in [2.45, 2.75) is 10.8 Å². The SMILES string of the molecule is c1ccc(N2c3ccccc3C3(c4ccccc42)c2cc(-n4c5ccccc5c5cc6c(cc54)sc4ccccc46)sc2C2(c4ccccc4N(c4ccccc4)c4ccccc42)c2cc(-n4c5ccccc5c5cc6c(cc54)sc4ccccc46)sc23)cc1. The van der Waals surface area contributed by atoms with Crippen molar-refractivity contribution < 1.29 is 0 Å². The van der Waals surface area contributed by atoms with Crippen LogP contribution in [0.25, 0.3) is 94.0 Å². The highest BCUT2D eigenvalue weighted by Gasteiger charge is 2.61. The molecule has 0 saturated heterocycles. The molecule has 0 saturated carbocycles. The quantitative estimate of drug-likeness (QED) is 0.175. The molecule has 0 amide bonds. The van der Waals surface area contributed by atoms with Gasteiger partial charge in [-0.15, -0.1) is 45.3 Å². The fourth-order valence-electron chi connectivity index (χ4n) is 16.5. The Morgan fingerprint density at radius 1 is 0.222 bits per heavy atom. The molecule has 0 radical (unpaired) electrons. The number of benzene rings is 12. The molecule has 6 aromatic heterocycles. The number of nitrogens with zero attached hydrogens (tertiary/aromatic N) is 4. The molecule has 420 valence electrons. The average Bonchev–Trinajstić information content (AvgIpc) is 1.19. The Morgan fingerprint density at radius 2 is 0.556 bits per heavy atom. The second-order valence-electron chi connectivity index (χ2n) is 24.2. The predicted octanol–water partition coefficient (Wildman–Crippen LogP) is 23.4. The summed E-state index contributed by atoms with van der Waals surface area (Å²) in [6.45, 7) is 0. The summed E-state index contributed by atoms with van der Waals surface area (Å²) >= 11 is 7.77. The van der Waals surface area contributed by atoms with Crippen LogP contribution in [0.3, 0.4) is 0 Å². The Kier molecular flexibility index (Phi) is 10.0. The van der Waals surface area contributed by atoms with Crippen LogP contribution in [0.5, 0.6) is 0 Å². The molecular formula is C82H48N4S4. The fourth-order valence-corrected chi connectivity index (χ4v) is 21.7. The number of aromatic nitrogens is 2. The average molecular weight is 1220 g/mol. The van der Waals surface area contributed by atoms with Crippen molar-refractivity contribution in [2.24, 2.45) is 0 Å². The van der Waals surface area contributed by atoms with Gasteiger partial charge in [-0.3, -0.25) is 0 Å². The third-order valence-electron chi connectivity index (χ3n) is 19.9. The summed E-state index contributed by atoms with van der Waals surface area (Å²) in [6.07, 6.45) is 0. The molecule has 21 rings (SSSR count). The second kappa shape index (κ2) is 18.2. The van der Waals surface area contributed by atoms with Crippen molar-refractivity contribution in [1.82, 2.24) is 9.13 Å². The molecule has 4 nitrogen and oxygen atoms in total. The summed E-state index contributed by atoms with van der Waals surface area (Å²) in [5, 5.41) is 12.6. The third kappa shape index (κ3) is 6.28. The van der Waals surface area contributed by atoms with E-state index in [1.165, 1.54) is 160 Å². The minimum Gasteiger partial charge on any atom is -0.310 e. The van der Waals surface area contributed by atoms with Gasteiger partial charge in [-0.05, 0) is 143 Å². The zero-order valence-corrected chi connectivity index (χ0v) is 51.4. The van der Waals surface area contributed by atoms with E-state index in [2.05, 4.69) is 310 Å². The lowest BCUT2D eigenvalue weighted by Crippen LogP contribution is -2.47. The molecule has 0 unspecified atom stereocenters. The third-order valence-corrected chi connectivity index (χ3v) is 24.7. The largest absolute Gasteiger partial charge is 0.310 e. The summed E-state index contributed by atoms with van der Waals surface area (Å²) < 4.78 is 10.5. The topological polar surface area (TPSA) is 16.3 Å². The van der Waals surface area contributed by atoms with E-state index in [0.29, 0.717) is 0 Å². The van der Waals surface area contributed by atoms with Crippen LogP contribution in [-0.2, 0) is 10.8 Å². The molecule has 0 bridgehead atoms. The fraction of sp³-hybridized carbons (Fsp3) is 0.0244. The smallest absolute Gasteiger partial charge is 0.101 e. The Hall–Kier alpha value is -10.3. The molecule has 90 heavy (non-hydrogen) atoms. The van der Waals surface area contributed by atoms with E-state index >= 15 is 0 Å². The maximum Gasteiger partial charge on any atom is 0.101 e. The molecule has 3 aliphatic rings. The normalized spacial score (nSPS) is 14.4. The van der Waals surface area contributed by atoms with Gasteiger partial charge in [0.15, 0.2) is 0 Å². The second-order valence-corrected chi connectivity index (χ2v) is 28.4. The lowest BCUT2D eigenvalue weighted by Gasteiger charge is -2.53. The molecule has 0 fully saturated rings. The maximum absolute atomic E-state index is 2.66. The van der Waals surface area contributed by atoms with Gasteiger partial charge in [0.1, 0.15) is 10.0 Å². The number of fused-ring (bicyclic) bond motifs is 26. The van der Waals surface area contributed by atoms with E-state index in [-0.39, 0.29) is 0 Å². The van der Waals surface area contributed by atoms with Gasteiger partial charge in [0.25, 0.3) is 0 Å². The highest BCUT2D eigenvalue weighted by Crippen LogP contribution is 2.71. The van der Waals surface area contributed by atoms with Gasteiger partial charge in [0, 0.05) is 83.0 Å². The zero-order valence-electron chi connectivity index (χ0n) is 48.1. The van der Waals surface area contributed by atoms with Crippen LogP contribution in [0.15, 0.2) is 291 Å². The molecule has 12 aromatic carbocycles. The van der Waals surface area contributed by atoms with E-state index in [1.807, 2.05) is 45.3 Å². The summed E-state index contributed by atoms with van der Waals surface area (Å²) in [4.78, 5) is 7.69.